The van der Waals surface area contributed by atoms with Crippen molar-refractivity contribution in [3.05, 3.63) is 114 Å². The van der Waals surface area contributed by atoms with E-state index in [9.17, 15) is 19.2 Å². The zero-order valence-electron chi connectivity index (χ0n) is 19.5. The molecule has 1 heterocycles. The highest BCUT2D eigenvalue weighted by molar-refractivity contribution is 6.15. The van der Waals surface area contributed by atoms with Crippen LogP contribution in [0.3, 0.4) is 0 Å². The second-order valence-electron chi connectivity index (χ2n) is 8.76. The van der Waals surface area contributed by atoms with Crippen molar-refractivity contribution in [1.29, 1.82) is 0 Å². The minimum Gasteiger partial charge on any atom is -0.324 e. The van der Waals surface area contributed by atoms with E-state index in [0.717, 1.165) is 15.7 Å². The molecule has 7 nitrogen and oxygen atoms in total. The van der Waals surface area contributed by atoms with Crippen molar-refractivity contribution in [3.63, 3.8) is 0 Å². The maximum absolute atomic E-state index is 13.4. The second kappa shape index (κ2) is 9.11. The number of carbonyl (C=O) groups is 4. The maximum Gasteiger partial charge on any atom is 0.325 e. The summed E-state index contributed by atoms with van der Waals surface area (Å²) in [5.41, 5.74) is 0.439. The van der Waals surface area contributed by atoms with Gasteiger partial charge in [-0.1, -0.05) is 84.9 Å². The molecule has 1 fully saturated rings. The fraction of sp³-hybridized carbons (Fsp3) is 0.103. The number of hydrogen-bond acceptors (Lipinski definition) is 4. The quantitative estimate of drug-likeness (QED) is 0.316. The van der Waals surface area contributed by atoms with Gasteiger partial charge in [0.15, 0.2) is 5.78 Å². The zero-order chi connectivity index (χ0) is 25.3. The molecule has 4 amide bonds. The molecule has 36 heavy (non-hydrogen) atoms. The van der Waals surface area contributed by atoms with Gasteiger partial charge in [-0.15, -0.1) is 0 Å². The highest BCUT2D eigenvalue weighted by Gasteiger charge is 2.50. The largest absolute Gasteiger partial charge is 0.325 e. The number of hydrogen-bond donors (Lipinski definition) is 2. The van der Waals surface area contributed by atoms with Gasteiger partial charge in [-0.3, -0.25) is 19.3 Å². The van der Waals surface area contributed by atoms with Crippen molar-refractivity contribution in [2.45, 2.75) is 12.5 Å². The molecule has 1 aliphatic heterocycles. The van der Waals surface area contributed by atoms with E-state index in [4.69, 9.17) is 0 Å². The van der Waals surface area contributed by atoms with Gasteiger partial charge in [-0.05, 0) is 35.4 Å². The lowest BCUT2D eigenvalue weighted by Gasteiger charge is -2.24. The normalized spacial score (nSPS) is 17.2. The van der Waals surface area contributed by atoms with Crippen molar-refractivity contribution in [1.82, 2.24) is 10.2 Å². The third-order valence-corrected chi connectivity index (χ3v) is 6.39. The molecule has 7 heteroatoms. The summed E-state index contributed by atoms with van der Waals surface area (Å²) in [5, 5.41) is 7.24. The van der Waals surface area contributed by atoms with Crippen LogP contribution >= 0.6 is 0 Å². The van der Waals surface area contributed by atoms with Crippen molar-refractivity contribution >= 4 is 40.1 Å². The van der Waals surface area contributed by atoms with Crippen LogP contribution in [0.25, 0.3) is 10.8 Å². The van der Waals surface area contributed by atoms with Crippen molar-refractivity contribution in [2.75, 3.05) is 11.9 Å². The number of para-hydroxylation sites is 1. The number of rotatable bonds is 6. The van der Waals surface area contributed by atoms with Crippen LogP contribution in [0.1, 0.15) is 28.4 Å². The van der Waals surface area contributed by atoms with E-state index in [1.165, 1.54) is 0 Å². The highest BCUT2D eigenvalue weighted by Crippen LogP contribution is 2.33. The number of carbonyl (C=O) groups excluding carboxylic acids is 4. The molecule has 0 aromatic heterocycles. The number of anilines is 1. The molecule has 0 spiro atoms. The minimum atomic E-state index is -1.32. The first-order valence-electron chi connectivity index (χ1n) is 11.5. The summed E-state index contributed by atoms with van der Waals surface area (Å²) in [4.78, 5) is 53.1. The van der Waals surface area contributed by atoms with Crippen LogP contribution in [0.5, 0.6) is 0 Å². The molecule has 178 valence electrons. The summed E-state index contributed by atoms with van der Waals surface area (Å²) in [5.74, 6) is -1.35. The second-order valence-corrected chi connectivity index (χ2v) is 8.76. The molecule has 0 aliphatic carbocycles. The number of amides is 4. The van der Waals surface area contributed by atoms with Gasteiger partial charge in [0.2, 0.25) is 5.91 Å². The number of imide groups is 1. The Morgan fingerprint density at radius 3 is 2.31 bits per heavy atom. The fourth-order valence-electron chi connectivity index (χ4n) is 4.55. The van der Waals surface area contributed by atoms with Crippen LogP contribution in [-0.4, -0.2) is 35.1 Å². The smallest absolute Gasteiger partial charge is 0.324 e. The average molecular weight is 478 g/mol. The van der Waals surface area contributed by atoms with Crippen molar-refractivity contribution < 1.29 is 19.2 Å². The fourth-order valence-corrected chi connectivity index (χ4v) is 4.55. The molecule has 4 aromatic carbocycles. The van der Waals surface area contributed by atoms with E-state index in [1.807, 2.05) is 42.5 Å². The standard InChI is InChI=1S/C29H23N3O4/c1-29(23-16-9-13-19-10-5-6-14-21(19)23)27(35)32(28(36)31-29)18-25(33)30-24-17-8-7-15-22(24)26(34)20-11-3-2-4-12-20/h2-17H,18H2,1H3,(H,30,33)(H,31,36). The van der Waals surface area contributed by atoms with Gasteiger partial charge in [-0.2, -0.15) is 0 Å². The zero-order valence-corrected chi connectivity index (χ0v) is 19.5. The molecule has 2 N–H and O–H groups in total. The van der Waals surface area contributed by atoms with Gasteiger partial charge in [0.05, 0.1) is 5.69 Å². The molecule has 0 saturated carbocycles. The first kappa shape index (κ1) is 23.0. The van der Waals surface area contributed by atoms with Gasteiger partial charge in [0.25, 0.3) is 5.91 Å². The van der Waals surface area contributed by atoms with Crippen LogP contribution in [-0.2, 0) is 15.1 Å². The van der Waals surface area contributed by atoms with E-state index < -0.39 is 29.9 Å². The molecule has 4 aromatic rings. The van der Waals surface area contributed by atoms with Crippen LogP contribution in [0, 0.1) is 0 Å². The van der Waals surface area contributed by atoms with Crippen LogP contribution in [0.2, 0.25) is 0 Å². The minimum absolute atomic E-state index is 0.245. The Balaban J connectivity index is 1.37. The predicted octanol–water partition coefficient (Wildman–Crippen LogP) is 4.48. The topological polar surface area (TPSA) is 95.6 Å². The molecule has 1 aliphatic rings. The lowest BCUT2D eigenvalue weighted by Crippen LogP contribution is -2.42. The third-order valence-electron chi connectivity index (χ3n) is 6.39. The summed E-state index contributed by atoms with van der Waals surface area (Å²) in [7, 11) is 0. The third kappa shape index (κ3) is 4.01. The highest BCUT2D eigenvalue weighted by atomic mass is 16.2. The van der Waals surface area contributed by atoms with Gasteiger partial charge in [0.1, 0.15) is 12.1 Å². The Hall–Kier alpha value is -4.78. The number of urea groups is 1. The van der Waals surface area contributed by atoms with Gasteiger partial charge in [-0.25, -0.2) is 4.79 Å². The van der Waals surface area contributed by atoms with E-state index in [1.54, 1.807) is 61.5 Å². The lowest BCUT2D eigenvalue weighted by atomic mass is 9.88. The Labute approximate surface area is 207 Å². The van der Waals surface area contributed by atoms with E-state index in [2.05, 4.69) is 10.6 Å². The SMILES string of the molecule is CC1(c2cccc3ccccc23)NC(=O)N(CC(=O)Nc2ccccc2C(=O)c2ccccc2)C1=O. The number of ketones is 1. The first-order valence-corrected chi connectivity index (χ1v) is 11.5. The summed E-state index contributed by atoms with van der Waals surface area (Å²) >= 11 is 0. The molecular formula is C29H23N3O4. The van der Waals surface area contributed by atoms with Crippen LogP contribution in [0.15, 0.2) is 97.1 Å². The van der Waals surface area contributed by atoms with Gasteiger partial charge >= 0.3 is 6.03 Å². The summed E-state index contributed by atoms with van der Waals surface area (Å²) in [6.45, 7) is 1.15. The monoisotopic (exact) mass is 477 g/mol. The Morgan fingerprint density at radius 1 is 0.833 bits per heavy atom. The lowest BCUT2D eigenvalue weighted by molar-refractivity contribution is -0.133. The number of nitrogens with zero attached hydrogens (tertiary/aromatic N) is 1. The van der Waals surface area contributed by atoms with Gasteiger partial charge < -0.3 is 10.6 Å². The molecule has 1 unspecified atom stereocenters. The van der Waals surface area contributed by atoms with Crippen LogP contribution < -0.4 is 10.6 Å². The van der Waals surface area contributed by atoms with E-state index in [0.29, 0.717) is 22.4 Å². The maximum atomic E-state index is 13.4. The molecule has 0 bridgehead atoms. The molecule has 1 atom stereocenters. The van der Waals surface area contributed by atoms with E-state index >= 15 is 0 Å². The molecule has 5 rings (SSSR count). The first-order chi connectivity index (χ1) is 17.4. The average Bonchev–Trinajstić information content (AvgIpc) is 3.12. The number of nitrogens with one attached hydrogen (secondary N) is 2. The molecular weight excluding hydrogens is 454 g/mol. The van der Waals surface area contributed by atoms with Gasteiger partial charge in [0, 0.05) is 11.1 Å². The Kier molecular flexibility index (Phi) is 5.82. The van der Waals surface area contributed by atoms with Crippen LogP contribution in [0.4, 0.5) is 10.5 Å². The predicted molar refractivity (Wildman–Crippen MR) is 136 cm³/mol. The summed E-state index contributed by atoms with van der Waals surface area (Å²) in [6, 6.07) is 27.9. The summed E-state index contributed by atoms with van der Waals surface area (Å²) in [6.07, 6.45) is 0. The number of benzene rings is 4. The number of fused-ring (bicyclic) bond motifs is 1. The van der Waals surface area contributed by atoms with Crippen molar-refractivity contribution in [2.24, 2.45) is 0 Å². The Bertz CT molecular complexity index is 1510. The molecule has 1 saturated heterocycles. The summed E-state index contributed by atoms with van der Waals surface area (Å²) < 4.78 is 0. The Morgan fingerprint density at radius 2 is 1.50 bits per heavy atom. The van der Waals surface area contributed by atoms with Crippen molar-refractivity contribution in [3.8, 4) is 0 Å². The molecule has 0 radical (unpaired) electrons. The van der Waals surface area contributed by atoms with E-state index in [-0.39, 0.29) is 5.78 Å².